The zero-order valence-corrected chi connectivity index (χ0v) is 18.3. The lowest BCUT2D eigenvalue weighted by Gasteiger charge is -2.14. The Labute approximate surface area is 183 Å². The minimum atomic E-state index is -0.398. The molecule has 0 atom stereocenters. The minimum Gasteiger partial charge on any atom is -0.379 e. The monoisotopic (exact) mass is 448 g/mol. The molecule has 0 saturated carbocycles. The van der Waals surface area contributed by atoms with Crippen molar-refractivity contribution in [2.24, 2.45) is 0 Å². The van der Waals surface area contributed by atoms with Gasteiger partial charge in [0.05, 0.1) is 22.8 Å². The summed E-state index contributed by atoms with van der Waals surface area (Å²) in [7, 11) is 0. The number of fused-ring (bicyclic) bond motifs is 1. The van der Waals surface area contributed by atoms with E-state index < -0.39 is 5.82 Å². The molecule has 0 bridgehead atoms. The van der Waals surface area contributed by atoms with Crippen molar-refractivity contribution in [3.63, 3.8) is 0 Å². The van der Waals surface area contributed by atoms with E-state index in [0.29, 0.717) is 46.2 Å². The fourth-order valence-electron chi connectivity index (χ4n) is 2.87. The number of nitrogens with zero attached hydrogens (tertiary/aromatic N) is 2. The number of benzene rings is 2. The number of ketones is 1. The number of thioether (sulfide) groups is 1. The van der Waals surface area contributed by atoms with E-state index in [1.165, 1.54) is 36.0 Å². The Bertz CT molecular complexity index is 1100. The number of ether oxygens (including phenoxy) is 1. The molecule has 5 nitrogen and oxygen atoms in total. The topological polar surface area (TPSA) is 61.2 Å². The summed E-state index contributed by atoms with van der Waals surface area (Å²) in [6.07, 6.45) is 0.749. The summed E-state index contributed by atoms with van der Waals surface area (Å²) < 4.78 is 20.2. The van der Waals surface area contributed by atoms with Crippen molar-refractivity contribution in [1.82, 2.24) is 9.55 Å². The van der Waals surface area contributed by atoms with Crippen LogP contribution >= 0.6 is 23.4 Å². The molecule has 2 aromatic carbocycles. The normalized spacial score (nSPS) is 11.4. The molecule has 0 aliphatic carbocycles. The van der Waals surface area contributed by atoms with Crippen LogP contribution in [0.2, 0.25) is 5.02 Å². The molecular formula is C22H22ClFN2O3S. The smallest absolute Gasteiger partial charge is 0.262 e. The number of Topliss-reactive ketones (excluding diaryl/α,β-unsaturated/α-hetero) is 1. The van der Waals surface area contributed by atoms with Crippen LogP contribution in [0.25, 0.3) is 10.9 Å². The molecule has 0 amide bonds. The number of rotatable bonds is 9. The van der Waals surface area contributed by atoms with Gasteiger partial charge in [-0.25, -0.2) is 9.37 Å². The molecule has 0 unspecified atom stereocenters. The number of hydrogen-bond acceptors (Lipinski definition) is 5. The summed E-state index contributed by atoms with van der Waals surface area (Å²) in [5.74, 6) is -0.494. The molecule has 0 saturated heterocycles. The van der Waals surface area contributed by atoms with Crippen LogP contribution in [0.4, 0.5) is 4.39 Å². The Kier molecular flexibility index (Phi) is 7.64. The first-order valence-electron chi connectivity index (χ1n) is 9.58. The van der Waals surface area contributed by atoms with Gasteiger partial charge in [0.15, 0.2) is 10.9 Å². The van der Waals surface area contributed by atoms with Crippen molar-refractivity contribution in [1.29, 1.82) is 0 Å². The van der Waals surface area contributed by atoms with Crippen molar-refractivity contribution in [2.75, 3.05) is 12.4 Å². The first-order chi connectivity index (χ1) is 14.3. The first kappa shape index (κ1) is 22.5. The molecule has 3 aromatic rings. The molecule has 0 aliphatic rings. The van der Waals surface area contributed by atoms with Crippen molar-refractivity contribution >= 4 is 40.0 Å². The third-order valence-electron chi connectivity index (χ3n) is 4.36. The number of carbonyl (C=O) groups is 1. The van der Waals surface area contributed by atoms with Gasteiger partial charge < -0.3 is 4.74 Å². The van der Waals surface area contributed by atoms with E-state index in [9.17, 15) is 14.0 Å². The van der Waals surface area contributed by atoms with Gasteiger partial charge in [-0.3, -0.25) is 14.2 Å². The summed E-state index contributed by atoms with van der Waals surface area (Å²) in [5, 5.41) is 1.39. The quantitative estimate of drug-likeness (QED) is 0.200. The zero-order chi connectivity index (χ0) is 21.7. The van der Waals surface area contributed by atoms with Crippen LogP contribution in [-0.4, -0.2) is 33.8 Å². The number of hydrogen-bond donors (Lipinski definition) is 0. The fourth-order valence-corrected chi connectivity index (χ4v) is 3.96. The third-order valence-corrected chi connectivity index (χ3v) is 5.57. The van der Waals surface area contributed by atoms with Gasteiger partial charge in [0.25, 0.3) is 5.56 Å². The summed E-state index contributed by atoms with van der Waals surface area (Å²) in [5.41, 5.74) is 0.712. The Morgan fingerprint density at radius 2 is 1.97 bits per heavy atom. The van der Waals surface area contributed by atoms with Crippen molar-refractivity contribution in [3.05, 3.63) is 69.2 Å². The highest BCUT2D eigenvalue weighted by molar-refractivity contribution is 7.99. The molecule has 30 heavy (non-hydrogen) atoms. The van der Waals surface area contributed by atoms with Gasteiger partial charge in [-0.1, -0.05) is 23.4 Å². The summed E-state index contributed by atoms with van der Waals surface area (Å²) >= 11 is 7.24. The molecule has 8 heteroatoms. The van der Waals surface area contributed by atoms with Crippen molar-refractivity contribution in [3.8, 4) is 0 Å². The molecule has 1 heterocycles. The highest BCUT2D eigenvalue weighted by Crippen LogP contribution is 2.22. The van der Waals surface area contributed by atoms with Gasteiger partial charge >= 0.3 is 0 Å². The van der Waals surface area contributed by atoms with E-state index in [1.54, 1.807) is 22.8 Å². The number of carbonyl (C=O) groups excluding carboxylic acids is 1. The average Bonchev–Trinajstić information content (AvgIpc) is 2.71. The van der Waals surface area contributed by atoms with Crippen LogP contribution in [-0.2, 0) is 11.3 Å². The largest absolute Gasteiger partial charge is 0.379 e. The van der Waals surface area contributed by atoms with Crippen LogP contribution in [0.1, 0.15) is 30.6 Å². The lowest BCUT2D eigenvalue weighted by atomic mass is 10.1. The SMILES string of the molecule is CC(C)OCCCn1c(SCC(=O)c2ccc(F)cc2)nc2cc(Cl)ccc2c1=O. The van der Waals surface area contributed by atoms with Crippen LogP contribution in [0, 0.1) is 5.82 Å². The van der Waals surface area contributed by atoms with Gasteiger partial charge in [-0.2, -0.15) is 0 Å². The Balaban J connectivity index is 1.86. The molecule has 0 aliphatic heterocycles. The molecule has 0 radical (unpaired) electrons. The van der Waals surface area contributed by atoms with Crippen LogP contribution < -0.4 is 5.56 Å². The summed E-state index contributed by atoms with van der Waals surface area (Å²) in [6.45, 7) is 4.84. The van der Waals surface area contributed by atoms with Gasteiger partial charge in [-0.05, 0) is 62.7 Å². The van der Waals surface area contributed by atoms with Crippen LogP contribution in [0.3, 0.4) is 0 Å². The number of aromatic nitrogens is 2. The lowest BCUT2D eigenvalue weighted by molar-refractivity contribution is 0.0743. The van der Waals surface area contributed by atoms with Gasteiger partial charge in [-0.15, -0.1) is 0 Å². The predicted molar refractivity (Wildman–Crippen MR) is 118 cm³/mol. The molecule has 0 N–H and O–H groups in total. The zero-order valence-electron chi connectivity index (χ0n) is 16.7. The van der Waals surface area contributed by atoms with Crippen LogP contribution in [0.5, 0.6) is 0 Å². The third kappa shape index (κ3) is 5.68. The number of halogens is 2. The van der Waals surface area contributed by atoms with Crippen molar-refractivity contribution in [2.45, 2.75) is 38.1 Å². The highest BCUT2D eigenvalue weighted by atomic mass is 35.5. The molecule has 1 aromatic heterocycles. The fraction of sp³-hybridized carbons (Fsp3) is 0.318. The molecule has 0 fully saturated rings. The maximum Gasteiger partial charge on any atom is 0.262 e. The Morgan fingerprint density at radius 3 is 2.67 bits per heavy atom. The summed E-state index contributed by atoms with van der Waals surface area (Å²) in [6, 6.07) is 10.3. The van der Waals surface area contributed by atoms with Gasteiger partial charge in [0.2, 0.25) is 0 Å². The standard InChI is InChI=1S/C22H22ClFN2O3S/c1-14(2)29-11-3-10-26-21(28)18-9-6-16(23)12-19(18)25-22(26)30-13-20(27)15-4-7-17(24)8-5-15/h4-9,12,14H,3,10-11,13H2,1-2H3. The molecular weight excluding hydrogens is 427 g/mol. The van der Waals surface area contributed by atoms with E-state index in [2.05, 4.69) is 4.98 Å². The highest BCUT2D eigenvalue weighted by Gasteiger charge is 2.15. The lowest BCUT2D eigenvalue weighted by Crippen LogP contribution is -2.24. The molecule has 0 spiro atoms. The minimum absolute atomic E-state index is 0.0760. The van der Waals surface area contributed by atoms with E-state index in [-0.39, 0.29) is 23.2 Å². The van der Waals surface area contributed by atoms with Gasteiger partial charge in [0, 0.05) is 23.7 Å². The summed E-state index contributed by atoms with van der Waals surface area (Å²) in [4.78, 5) is 30.1. The maximum absolute atomic E-state index is 13.1. The second-order valence-corrected chi connectivity index (χ2v) is 8.38. The first-order valence-corrected chi connectivity index (χ1v) is 10.9. The molecule has 158 valence electrons. The van der Waals surface area contributed by atoms with E-state index >= 15 is 0 Å². The second kappa shape index (κ2) is 10.2. The predicted octanol–water partition coefficient (Wildman–Crippen LogP) is 4.98. The second-order valence-electron chi connectivity index (χ2n) is 7.00. The Hall–Kier alpha value is -2.22. The average molecular weight is 449 g/mol. The van der Waals surface area contributed by atoms with E-state index in [0.717, 1.165) is 0 Å². The van der Waals surface area contributed by atoms with E-state index in [1.807, 2.05) is 13.8 Å². The van der Waals surface area contributed by atoms with E-state index in [4.69, 9.17) is 16.3 Å². The van der Waals surface area contributed by atoms with Gasteiger partial charge in [0.1, 0.15) is 5.82 Å². The van der Waals surface area contributed by atoms with Crippen molar-refractivity contribution < 1.29 is 13.9 Å². The Morgan fingerprint density at radius 1 is 1.23 bits per heavy atom. The molecule has 3 rings (SSSR count). The van der Waals surface area contributed by atoms with Crippen LogP contribution in [0.15, 0.2) is 52.4 Å². The maximum atomic E-state index is 13.1.